The third kappa shape index (κ3) is 8.10. The molecule has 1 aliphatic heterocycles. The molecule has 0 radical (unpaired) electrons. The third-order valence-corrected chi connectivity index (χ3v) is 10.0. The molecule has 3 amide bonds. The zero-order valence-corrected chi connectivity index (χ0v) is 29.8. The van der Waals surface area contributed by atoms with Crippen molar-refractivity contribution >= 4 is 56.9 Å². The Balaban J connectivity index is 1.61. The van der Waals surface area contributed by atoms with Crippen molar-refractivity contribution in [2.75, 3.05) is 6.26 Å². The van der Waals surface area contributed by atoms with Gasteiger partial charge in [-0.1, -0.05) is 60.3 Å². The predicted octanol–water partition coefficient (Wildman–Crippen LogP) is 4.34. The van der Waals surface area contributed by atoms with E-state index >= 15 is 0 Å². The number of hydroxylamine groups is 2. The molecule has 50 heavy (non-hydrogen) atoms. The first-order valence-electron chi connectivity index (χ1n) is 15.8. The summed E-state index contributed by atoms with van der Waals surface area (Å²) in [6, 6.07) is 13.0. The van der Waals surface area contributed by atoms with Crippen molar-refractivity contribution in [3.05, 3.63) is 104 Å². The van der Waals surface area contributed by atoms with Crippen molar-refractivity contribution in [1.29, 1.82) is 0 Å². The highest BCUT2D eigenvalue weighted by Crippen LogP contribution is 2.48. The number of carbonyl (C=O) groups is 4. The molecular formula is C34H36Cl2N4O9S. The molecule has 5 rings (SSSR count). The lowest BCUT2D eigenvalue weighted by molar-refractivity contribution is -0.627. The smallest absolute Gasteiger partial charge is 0.303 e. The topological polar surface area (TPSA) is 166 Å². The minimum absolute atomic E-state index is 0.0174. The molecule has 1 saturated carbocycles. The highest BCUT2D eigenvalue weighted by Gasteiger charge is 2.51. The van der Waals surface area contributed by atoms with Crippen LogP contribution in [0.15, 0.2) is 60.7 Å². The monoisotopic (exact) mass is 746 g/mol. The largest absolute Gasteiger partial charge is 0.618 e. The molecule has 4 atom stereocenters. The van der Waals surface area contributed by atoms with Gasteiger partial charge in [0.15, 0.2) is 13.2 Å². The molecule has 1 N–H and O–H groups in total. The fourth-order valence-corrected chi connectivity index (χ4v) is 8.00. The van der Waals surface area contributed by atoms with Crippen LogP contribution in [-0.2, 0) is 47.2 Å². The zero-order valence-electron chi connectivity index (χ0n) is 27.5. The van der Waals surface area contributed by atoms with Crippen LogP contribution in [0.5, 0.6) is 0 Å². The fourth-order valence-electron chi connectivity index (χ4n) is 6.66. The van der Waals surface area contributed by atoms with Gasteiger partial charge in [0.05, 0.1) is 18.2 Å². The van der Waals surface area contributed by atoms with Gasteiger partial charge < -0.3 is 14.8 Å². The van der Waals surface area contributed by atoms with Crippen LogP contribution < -0.4 is 9.45 Å². The minimum Gasteiger partial charge on any atom is -0.618 e. The first kappa shape index (κ1) is 37.2. The quantitative estimate of drug-likeness (QED) is 0.137. The molecule has 3 aromatic rings. The average Bonchev–Trinajstić information content (AvgIpc) is 3.04. The molecule has 2 heterocycles. The average molecular weight is 748 g/mol. The first-order valence-corrected chi connectivity index (χ1v) is 18.5. The summed E-state index contributed by atoms with van der Waals surface area (Å²) in [6.07, 6.45) is 3.31. The number of nitrogens with zero attached hydrogens (tertiary/aromatic N) is 3. The van der Waals surface area contributed by atoms with E-state index in [1.807, 2.05) is 0 Å². The van der Waals surface area contributed by atoms with Gasteiger partial charge in [-0.2, -0.15) is 9.79 Å². The van der Waals surface area contributed by atoms with Gasteiger partial charge >= 0.3 is 5.97 Å². The van der Waals surface area contributed by atoms with E-state index in [-0.39, 0.29) is 28.6 Å². The highest BCUT2D eigenvalue weighted by atomic mass is 35.5. The van der Waals surface area contributed by atoms with Gasteiger partial charge in [0.2, 0.25) is 27.3 Å². The van der Waals surface area contributed by atoms with Crippen molar-refractivity contribution in [3.8, 4) is 0 Å². The number of ether oxygens (including phenoxy) is 1. The van der Waals surface area contributed by atoms with Crippen LogP contribution in [-0.4, -0.2) is 60.4 Å². The Morgan fingerprint density at radius 2 is 1.66 bits per heavy atom. The van der Waals surface area contributed by atoms with E-state index in [2.05, 4.69) is 4.72 Å². The van der Waals surface area contributed by atoms with Crippen LogP contribution in [0.4, 0.5) is 0 Å². The summed E-state index contributed by atoms with van der Waals surface area (Å²) in [5, 5.41) is 14.0. The van der Waals surface area contributed by atoms with Crippen LogP contribution in [0.25, 0.3) is 0 Å². The summed E-state index contributed by atoms with van der Waals surface area (Å²) in [5.41, 5.74) is 0.952. The Morgan fingerprint density at radius 3 is 2.32 bits per heavy atom. The van der Waals surface area contributed by atoms with E-state index in [4.69, 9.17) is 32.8 Å². The van der Waals surface area contributed by atoms with Crippen molar-refractivity contribution in [3.63, 3.8) is 0 Å². The maximum Gasteiger partial charge on any atom is 0.303 e. The van der Waals surface area contributed by atoms with Crippen molar-refractivity contribution in [2.45, 2.75) is 76.8 Å². The fraction of sp³-hybridized carbons (Fsp3) is 0.382. The molecule has 1 aromatic heterocycles. The predicted molar refractivity (Wildman–Crippen MR) is 182 cm³/mol. The van der Waals surface area contributed by atoms with Gasteiger partial charge in [-0.05, 0) is 48.2 Å². The third-order valence-electron chi connectivity index (χ3n) is 8.73. The number of nitrogens with one attached hydrogen (secondary N) is 1. The number of esters is 1. The van der Waals surface area contributed by atoms with E-state index in [1.165, 1.54) is 36.1 Å². The molecule has 1 fully saturated rings. The molecule has 266 valence electrons. The number of imide groups is 1. The lowest BCUT2D eigenvalue weighted by Crippen LogP contribution is -2.59. The number of pyridine rings is 1. The van der Waals surface area contributed by atoms with Gasteiger partial charge in [-0.25, -0.2) is 13.1 Å². The summed E-state index contributed by atoms with van der Waals surface area (Å²) in [6.45, 7) is 1.51. The number of aromatic nitrogens is 1. The summed E-state index contributed by atoms with van der Waals surface area (Å²) in [4.78, 5) is 61.0. The Hall–Kier alpha value is -4.08. The Bertz CT molecular complexity index is 1930. The number of hydrogen-bond donors (Lipinski definition) is 1. The van der Waals surface area contributed by atoms with Crippen LogP contribution in [0, 0.1) is 5.21 Å². The number of halogens is 2. The van der Waals surface area contributed by atoms with E-state index in [9.17, 15) is 32.8 Å². The maximum atomic E-state index is 14.8. The molecule has 3 unspecified atom stereocenters. The second-order valence-corrected chi connectivity index (χ2v) is 14.9. The van der Waals surface area contributed by atoms with Gasteiger partial charge in [-0.15, -0.1) is 0 Å². The molecule has 2 aromatic carbocycles. The summed E-state index contributed by atoms with van der Waals surface area (Å²) in [5.74, 6) is -3.96. The van der Waals surface area contributed by atoms with Crippen molar-refractivity contribution in [1.82, 2.24) is 14.7 Å². The Labute approximate surface area is 299 Å². The zero-order chi connectivity index (χ0) is 36.3. The molecule has 1 aliphatic carbocycles. The van der Waals surface area contributed by atoms with Gasteiger partial charge in [0.25, 0.3) is 11.8 Å². The Kier molecular flexibility index (Phi) is 11.5. The van der Waals surface area contributed by atoms with E-state index in [1.54, 1.807) is 36.4 Å². The molecule has 2 aliphatic rings. The molecule has 0 spiro atoms. The standard InChI is InChI=1S/C34H36Cl2N4O9S/c1-20(41)40(49-19-24-10-8-9-23(39(24)45)18-48-21(2)42)34(44)31-25-11-4-5-12-26(25)33(43)38(32(31)27-16-15-22(35)17-28(27)36)30-14-7-6-13-29(30)37-50(3,46)47/h4-5,8-12,15-17,29-32,37H,6-7,13-14,18-19H2,1-3H3/t29?,30?,31?,32-/m0/s1. The normalized spacial score (nSPS) is 20.6. The maximum absolute atomic E-state index is 14.8. The minimum atomic E-state index is -3.70. The number of amides is 3. The number of fused-ring (bicyclic) bond motifs is 1. The van der Waals surface area contributed by atoms with E-state index < -0.39 is 64.4 Å². The van der Waals surface area contributed by atoms with Crippen molar-refractivity contribution in [2.24, 2.45) is 0 Å². The molecule has 0 saturated heterocycles. The lowest BCUT2D eigenvalue weighted by Gasteiger charge is -2.49. The van der Waals surface area contributed by atoms with Gasteiger partial charge in [-0.3, -0.25) is 24.0 Å². The summed E-state index contributed by atoms with van der Waals surface area (Å²) in [7, 11) is -3.70. The highest BCUT2D eigenvalue weighted by molar-refractivity contribution is 7.88. The number of hydrogen-bond acceptors (Lipinski definition) is 9. The SMILES string of the molecule is CC(=O)OCc1cccc(CON(C(C)=O)C(=O)C2c3ccccc3C(=O)N(C3CCCCC3NS(C)(=O)=O)[C@H]2c2ccc(Cl)cc2Cl)[n+]1[O-]. The van der Waals surface area contributed by atoms with Crippen LogP contribution >= 0.6 is 23.2 Å². The summed E-state index contributed by atoms with van der Waals surface area (Å²) < 4.78 is 33.1. The molecule has 16 heteroatoms. The van der Waals surface area contributed by atoms with E-state index in [0.29, 0.717) is 51.6 Å². The molecule has 0 bridgehead atoms. The molecule has 13 nitrogen and oxygen atoms in total. The second-order valence-electron chi connectivity index (χ2n) is 12.2. The molecular weight excluding hydrogens is 711 g/mol. The number of benzene rings is 2. The van der Waals surface area contributed by atoms with E-state index in [0.717, 1.165) is 13.2 Å². The van der Waals surface area contributed by atoms with Crippen molar-refractivity contribution < 1.29 is 41.9 Å². The number of rotatable bonds is 10. The van der Waals surface area contributed by atoms with Gasteiger partial charge in [0.1, 0.15) is 0 Å². The van der Waals surface area contributed by atoms with Crippen LogP contribution in [0.3, 0.4) is 0 Å². The summed E-state index contributed by atoms with van der Waals surface area (Å²) >= 11 is 13.1. The Morgan fingerprint density at radius 1 is 0.980 bits per heavy atom. The van der Waals surface area contributed by atoms with Crippen LogP contribution in [0.2, 0.25) is 10.0 Å². The number of sulfonamides is 1. The first-order chi connectivity index (χ1) is 23.7. The lowest BCUT2D eigenvalue weighted by atomic mass is 9.76. The second kappa shape index (κ2) is 15.4. The van der Waals surface area contributed by atoms with Gasteiger partial charge in [0, 0.05) is 53.7 Å². The number of carbonyl (C=O) groups excluding carboxylic acids is 4. The van der Waals surface area contributed by atoms with Crippen LogP contribution in [0.1, 0.15) is 84.4 Å².